The fraction of sp³-hybridized carbons (Fsp3) is 0.500. The minimum Gasteiger partial charge on any atom is -0.455 e. The number of fused-ring (bicyclic) bond motifs is 1. The van der Waals surface area contributed by atoms with Crippen molar-refractivity contribution in [3.05, 3.63) is 40.6 Å². The highest BCUT2D eigenvalue weighted by Gasteiger charge is 2.29. The summed E-state index contributed by atoms with van der Waals surface area (Å²) in [5.41, 5.74) is 2.28. The van der Waals surface area contributed by atoms with E-state index < -0.39 is 0 Å². The summed E-state index contributed by atoms with van der Waals surface area (Å²) in [4.78, 5) is 26.7. The van der Waals surface area contributed by atoms with Crippen molar-refractivity contribution in [2.75, 3.05) is 20.6 Å². The van der Waals surface area contributed by atoms with Crippen molar-refractivity contribution in [2.24, 2.45) is 7.05 Å². The minimum atomic E-state index is -0.282. The maximum absolute atomic E-state index is 12.6. The molecule has 2 aromatic heterocycles. The summed E-state index contributed by atoms with van der Waals surface area (Å²) >= 11 is 0. The Kier molecular flexibility index (Phi) is 4.76. The summed E-state index contributed by atoms with van der Waals surface area (Å²) in [5.74, 6) is 0.692. The van der Waals surface area contributed by atoms with Crippen LogP contribution in [0.25, 0.3) is 0 Å². The Morgan fingerprint density at radius 3 is 2.80 bits per heavy atom. The number of ketones is 1. The molecule has 2 aromatic rings. The van der Waals surface area contributed by atoms with E-state index in [1.807, 2.05) is 32.2 Å². The largest absolute Gasteiger partial charge is 0.455 e. The molecule has 1 amide bonds. The number of hydrogen-bond acceptors (Lipinski definition) is 5. The van der Waals surface area contributed by atoms with Gasteiger partial charge in [0.15, 0.2) is 11.5 Å². The normalized spacial score (nSPS) is 15.3. The molecule has 0 spiro atoms. The van der Waals surface area contributed by atoms with Crippen molar-refractivity contribution in [3.63, 3.8) is 0 Å². The van der Waals surface area contributed by atoms with Crippen molar-refractivity contribution in [3.8, 4) is 0 Å². The molecule has 1 unspecified atom stereocenters. The molecule has 0 fully saturated rings. The molecule has 0 saturated heterocycles. The predicted molar refractivity (Wildman–Crippen MR) is 92.7 cm³/mol. The molecule has 2 heterocycles. The van der Waals surface area contributed by atoms with Crippen LogP contribution in [-0.2, 0) is 13.5 Å². The lowest BCUT2D eigenvalue weighted by atomic mass is 9.94. The van der Waals surface area contributed by atoms with Crippen LogP contribution in [0.5, 0.6) is 0 Å². The summed E-state index contributed by atoms with van der Waals surface area (Å²) in [5, 5.41) is 7.12. The Morgan fingerprint density at radius 1 is 1.44 bits per heavy atom. The first-order valence-electron chi connectivity index (χ1n) is 8.47. The van der Waals surface area contributed by atoms with E-state index in [1.165, 1.54) is 0 Å². The maximum Gasteiger partial charge on any atom is 0.287 e. The minimum absolute atomic E-state index is 0.00387. The average Bonchev–Trinajstić information content (AvgIpc) is 3.12. The first kappa shape index (κ1) is 17.4. The van der Waals surface area contributed by atoms with Crippen LogP contribution in [0, 0.1) is 6.92 Å². The molecule has 1 N–H and O–H groups in total. The Bertz CT molecular complexity index is 803. The van der Waals surface area contributed by atoms with Crippen molar-refractivity contribution in [1.29, 1.82) is 0 Å². The van der Waals surface area contributed by atoms with E-state index >= 15 is 0 Å². The fourth-order valence-electron chi connectivity index (χ4n) is 3.35. The van der Waals surface area contributed by atoms with Gasteiger partial charge in [0, 0.05) is 43.8 Å². The number of carbonyl (C=O) groups is 2. The van der Waals surface area contributed by atoms with Crippen LogP contribution in [0.1, 0.15) is 56.7 Å². The molecule has 0 radical (unpaired) electrons. The lowest BCUT2D eigenvalue weighted by Gasteiger charge is -2.23. The lowest BCUT2D eigenvalue weighted by molar-refractivity contribution is 0.0908. The molecule has 0 saturated carbocycles. The molecular formula is C18H24N4O3. The van der Waals surface area contributed by atoms with Gasteiger partial charge in [0.25, 0.3) is 5.91 Å². The monoisotopic (exact) mass is 344 g/mol. The molecule has 7 heteroatoms. The summed E-state index contributed by atoms with van der Waals surface area (Å²) < 4.78 is 7.45. The molecule has 25 heavy (non-hydrogen) atoms. The Hall–Kier alpha value is -2.41. The third kappa shape index (κ3) is 3.37. The number of carbonyl (C=O) groups excluding carboxylic acids is 2. The zero-order valence-electron chi connectivity index (χ0n) is 15.1. The van der Waals surface area contributed by atoms with Crippen molar-refractivity contribution >= 4 is 11.7 Å². The molecule has 7 nitrogen and oxygen atoms in total. The first-order valence-corrected chi connectivity index (χ1v) is 8.47. The standard InChI is InChI=1S/C18H24N4O3/c1-11-16-14(23)6-5-7-15(16)25-17(11)18(24)19-9-13(21(2)3)12-8-20-22(4)10-12/h8,10,13H,5-7,9H2,1-4H3,(H,19,24). The lowest BCUT2D eigenvalue weighted by Crippen LogP contribution is -2.34. The second-order valence-corrected chi connectivity index (χ2v) is 6.77. The van der Waals surface area contributed by atoms with E-state index in [9.17, 15) is 9.59 Å². The zero-order valence-corrected chi connectivity index (χ0v) is 15.1. The highest BCUT2D eigenvalue weighted by atomic mass is 16.4. The van der Waals surface area contributed by atoms with Gasteiger partial charge in [-0.15, -0.1) is 0 Å². The van der Waals surface area contributed by atoms with E-state index in [4.69, 9.17) is 4.42 Å². The first-order chi connectivity index (χ1) is 11.9. The van der Waals surface area contributed by atoms with E-state index in [0.717, 1.165) is 12.0 Å². The Balaban J connectivity index is 1.75. The van der Waals surface area contributed by atoms with Gasteiger partial charge in [-0.05, 0) is 27.4 Å². The molecular weight excluding hydrogens is 320 g/mol. The molecule has 3 rings (SSSR count). The molecule has 0 aliphatic heterocycles. The summed E-state index contributed by atoms with van der Waals surface area (Å²) in [7, 11) is 5.78. The van der Waals surface area contributed by atoms with Gasteiger partial charge >= 0.3 is 0 Å². The topological polar surface area (TPSA) is 80.4 Å². The predicted octanol–water partition coefficient (Wildman–Crippen LogP) is 1.87. The number of hydrogen-bond donors (Lipinski definition) is 1. The maximum atomic E-state index is 12.6. The Labute approximate surface area is 147 Å². The molecule has 1 aliphatic rings. The molecule has 134 valence electrons. The van der Waals surface area contributed by atoms with Crippen LogP contribution in [0.3, 0.4) is 0 Å². The van der Waals surface area contributed by atoms with Crippen LogP contribution in [0.4, 0.5) is 0 Å². The van der Waals surface area contributed by atoms with Gasteiger partial charge in [0.2, 0.25) is 0 Å². The zero-order chi connectivity index (χ0) is 18.1. The summed E-state index contributed by atoms with van der Waals surface area (Å²) in [6, 6.07) is 0.00387. The van der Waals surface area contributed by atoms with Crippen molar-refractivity contribution in [2.45, 2.75) is 32.2 Å². The highest BCUT2D eigenvalue weighted by molar-refractivity contribution is 6.03. The number of aromatic nitrogens is 2. The molecule has 1 atom stereocenters. The molecule has 0 bridgehead atoms. The van der Waals surface area contributed by atoms with E-state index in [2.05, 4.69) is 10.4 Å². The Morgan fingerprint density at radius 2 is 2.20 bits per heavy atom. The van der Waals surface area contributed by atoms with Gasteiger partial charge in [-0.25, -0.2) is 0 Å². The smallest absolute Gasteiger partial charge is 0.287 e. The number of furan rings is 1. The fourth-order valence-corrected chi connectivity index (χ4v) is 3.35. The molecule has 0 aromatic carbocycles. The number of nitrogens with one attached hydrogen (secondary N) is 1. The molecule has 1 aliphatic carbocycles. The SMILES string of the molecule is Cc1c(C(=O)NCC(c2cnn(C)c2)N(C)C)oc2c1C(=O)CCC2. The van der Waals surface area contributed by atoms with Crippen molar-refractivity contribution in [1.82, 2.24) is 20.0 Å². The van der Waals surface area contributed by atoms with Gasteiger partial charge in [0.1, 0.15) is 5.76 Å². The third-order valence-electron chi connectivity index (χ3n) is 4.70. The third-order valence-corrected chi connectivity index (χ3v) is 4.70. The van der Waals surface area contributed by atoms with Crippen molar-refractivity contribution < 1.29 is 14.0 Å². The number of Topliss-reactive ketones (excluding diaryl/α,β-unsaturated/α-hetero) is 1. The van der Waals surface area contributed by atoms with Crippen LogP contribution in [0.2, 0.25) is 0 Å². The number of nitrogens with zero attached hydrogens (tertiary/aromatic N) is 3. The number of aryl methyl sites for hydroxylation is 2. The number of rotatable bonds is 5. The summed E-state index contributed by atoms with van der Waals surface area (Å²) in [6.07, 6.45) is 5.76. The van der Waals surface area contributed by atoms with E-state index in [1.54, 1.807) is 17.8 Å². The number of amides is 1. The van der Waals surface area contributed by atoms with Gasteiger partial charge in [-0.3, -0.25) is 14.3 Å². The quantitative estimate of drug-likeness (QED) is 0.896. The van der Waals surface area contributed by atoms with Gasteiger partial charge in [0.05, 0.1) is 17.8 Å². The van der Waals surface area contributed by atoms with Crippen LogP contribution in [0.15, 0.2) is 16.8 Å². The van der Waals surface area contributed by atoms with Crippen LogP contribution in [-0.4, -0.2) is 47.0 Å². The second-order valence-electron chi connectivity index (χ2n) is 6.77. The van der Waals surface area contributed by atoms with E-state index in [0.29, 0.717) is 36.3 Å². The van der Waals surface area contributed by atoms with Gasteiger partial charge in [-0.2, -0.15) is 5.10 Å². The van der Waals surface area contributed by atoms with Crippen LogP contribution < -0.4 is 5.32 Å². The van der Waals surface area contributed by atoms with Gasteiger partial charge in [-0.1, -0.05) is 0 Å². The van der Waals surface area contributed by atoms with E-state index in [-0.39, 0.29) is 23.5 Å². The van der Waals surface area contributed by atoms with Crippen LogP contribution >= 0.6 is 0 Å². The second kappa shape index (κ2) is 6.84. The highest BCUT2D eigenvalue weighted by Crippen LogP contribution is 2.29. The number of likely N-dealkylation sites (N-methyl/N-ethyl adjacent to an activating group) is 1. The summed E-state index contributed by atoms with van der Waals surface area (Å²) in [6.45, 7) is 2.21. The average molecular weight is 344 g/mol. The van der Waals surface area contributed by atoms with Gasteiger partial charge < -0.3 is 14.6 Å².